The molecule has 0 bridgehead atoms. The van der Waals surface area contributed by atoms with Crippen LogP contribution in [0.5, 0.6) is 0 Å². The van der Waals surface area contributed by atoms with Crippen LogP contribution >= 0.6 is 0 Å². The van der Waals surface area contributed by atoms with Gasteiger partial charge in [-0.15, -0.1) is 0 Å². The first-order valence-electron chi connectivity index (χ1n) is 6.07. The molecular formula is C13H13F2NO4. The number of nitrogens with one attached hydrogen (secondary N) is 1. The van der Waals surface area contributed by atoms with Gasteiger partial charge in [0.1, 0.15) is 17.7 Å². The van der Waals surface area contributed by atoms with Crippen molar-refractivity contribution < 1.29 is 28.2 Å². The Labute approximate surface area is 113 Å². The van der Waals surface area contributed by atoms with Gasteiger partial charge in [0.05, 0.1) is 0 Å². The summed E-state index contributed by atoms with van der Waals surface area (Å²) in [6.07, 6.45) is -1.26. The molecule has 1 aromatic carbocycles. The second-order valence-corrected chi connectivity index (χ2v) is 4.48. The molecule has 0 aromatic heterocycles. The third-order valence-electron chi connectivity index (χ3n) is 3.06. The van der Waals surface area contributed by atoms with Crippen molar-refractivity contribution in [2.24, 2.45) is 0 Å². The van der Waals surface area contributed by atoms with E-state index in [0.29, 0.717) is 6.42 Å². The van der Waals surface area contributed by atoms with Crippen LogP contribution in [0.2, 0.25) is 0 Å². The zero-order chi connectivity index (χ0) is 14.7. The van der Waals surface area contributed by atoms with Crippen molar-refractivity contribution in [2.45, 2.75) is 31.6 Å². The van der Waals surface area contributed by atoms with Crippen LogP contribution in [0.1, 0.15) is 18.4 Å². The van der Waals surface area contributed by atoms with Gasteiger partial charge in [-0.05, 0) is 18.9 Å². The first kappa shape index (κ1) is 14.4. The predicted molar refractivity (Wildman–Crippen MR) is 63.7 cm³/mol. The molecule has 0 aliphatic carbocycles. The van der Waals surface area contributed by atoms with E-state index < -0.39 is 35.7 Å². The number of rotatable bonds is 4. The van der Waals surface area contributed by atoms with Gasteiger partial charge in [0.25, 0.3) is 0 Å². The highest BCUT2D eigenvalue weighted by molar-refractivity contribution is 5.82. The van der Waals surface area contributed by atoms with Gasteiger partial charge >= 0.3 is 5.97 Å². The smallest absolute Gasteiger partial charge is 0.332 e. The summed E-state index contributed by atoms with van der Waals surface area (Å²) in [7, 11) is 0. The third kappa shape index (κ3) is 3.30. The molecule has 1 saturated heterocycles. The zero-order valence-corrected chi connectivity index (χ0v) is 10.4. The molecule has 2 unspecified atom stereocenters. The minimum absolute atomic E-state index is 0.109. The number of hydrogen-bond acceptors (Lipinski definition) is 3. The Morgan fingerprint density at radius 2 is 2.00 bits per heavy atom. The number of carbonyl (C=O) groups is 2. The van der Waals surface area contributed by atoms with Gasteiger partial charge in [-0.2, -0.15) is 0 Å². The summed E-state index contributed by atoms with van der Waals surface area (Å²) in [5, 5.41) is 11.2. The number of hydrogen-bond donors (Lipinski definition) is 2. The Morgan fingerprint density at radius 1 is 1.30 bits per heavy atom. The van der Waals surface area contributed by atoms with Gasteiger partial charge < -0.3 is 15.2 Å². The number of halogens is 2. The molecule has 0 spiro atoms. The van der Waals surface area contributed by atoms with Gasteiger partial charge in [-0.3, -0.25) is 4.79 Å². The Balaban J connectivity index is 1.88. The van der Waals surface area contributed by atoms with Gasteiger partial charge in [0.2, 0.25) is 5.91 Å². The maximum Gasteiger partial charge on any atom is 0.332 e. The van der Waals surface area contributed by atoms with Crippen molar-refractivity contribution in [1.82, 2.24) is 5.32 Å². The van der Waals surface area contributed by atoms with E-state index in [1.807, 2.05) is 0 Å². The largest absolute Gasteiger partial charge is 0.479 e. The lowest BCUT2D eigenvalue weighted by molar-refractivity contribution is -0.151. The lowest BCUT2D eigenvalue weighted by Gasteiger charge is -2.12. The summed E-state index contributed by atoms with van der Waals surface area (Å²) in [4.78, 5) is 22.4. The molecule has 1 aliphatic rings. The third-order valence-corrected chi connectivity index (χ3v) is 3.06. The fourth-order valence-corrected chi connectivity index (χ4v) is 1.97. The number of amides is 1. The minimum Gasteiger partial charge on any atom is -0.479 e. The molecule has 1 amide bonds. The maximum atomic E-state index is 13.3. The Bertz CT molecular complexity index is 535. The van der Waals surface area contributed by atoms with E-state index in [0.717, 1.165) is 12.1 Å². The van der Waals surface area contributed by atoms with Crippen molar-refractivity contribution in [3.63, 3.8) is 0 Å². The fourth-order valence-electron chi connectivity index (χ4n) is 1.97. The van der Waals surface area contributed by atoms with Gasteiger partial charge in [-0.1, -0.05) is 6.07 Å². The lowest BCUT2D eigenvalue weighted by atomic mass is 10.1. The van der Waals surface area contributed by atoms with Crippen LogP contribution in [0.4, 0.5) is 8.78 Å². The molecule has 1 aromatic rings. The summed E-state index contributed by atoms with van der Waals surface area (Å²) in [5.41, 5.74) is 0.146. The van der Waals surface area contributed by atoms with Crippen LogP contribution in [0, 0.1) is 11.6 Å². The molecule has 2 rings (SSSR count). The second-order valence-electron chi connectivity index (χ2n) is 4.48. The molecule has 2 N–H and O–H groups in total. The van der Waals surface area contributed by atoms with Crippen molar-refractivity contribution in [3.8, 4) is 0 Å². The fraction of sp³-hybridized carbons (Fsp3) is 0.385. The van der Waals surface area contributed by atoms with E-state index in [1.54, 1.807) is 0 Å². The predicted octanol–water partition coefficient (Wildman–Crippen LogP) is 1.21. The molecule has 1 aliphatic heterocycles. The number of benzene rings is 1. The molecule has 2 atom stereocenters. The first-order valence-corrected chi connectivity index (χ1v) is 6.07. The highest BCUT2D eigenvalue weighted by Gasteiger charge is 2.34. The monoisotopic (exact) mass is 285 g/mol. The SMILES string of the molecule is O=C(O)C1CCC(C(=O)NCc2ccc(F)cc2F)O1. The Morgan fingerprint density at radius 3 is 2.60 bits per heavy atom. The van der Waals surface area contributed by atoms with E-state index in [1.165, 1.54) is 6.07 Å². The standard InChI is InChI=1S/C13H13F2NO4/c14-8-2-1-7(9(15)5-8)6-16-12(17)10-3-4-11(20-10)13(18)19/h1-2,5,10-11H,3-4,6H2,(H,16,17)(H,18,19). The van der Waals surface area contributed by atoms with Crippen molar-refractivity contribution in [2.75, 3.05) is 0 Å². The molecule has 20 heavy (non-hydrogen) atoms. The average molecular weight is 285 g/mol. The molecule has 5 nitrogen and oxygen atoms in total. The number of aliphatic carboxylic acids is 1. The topological polar surface area (TPSA) is 75.6 Å². The van der Waals surface area contributed by atoms with Crippen molar-refractivity contribution in [1.29, 1.82) is 0 Å². The van der Waals surface area contributed by atoms with Crippen LogP contribution in [-0.2, 0) is 20.9 Å². The summed E-state index contributed by atoms with van der Waals surface area (Å²) >= 11 is 0. The summed E-state index contributed by atoms with van der Waals surface area (Å²) in [6, 6.07) is 3.06. The van der Waals surface area contributed by atoms with Crippen LogP contribution < -0.4 is 5.32 Å². The summed E-state index contributed by atoms with van der Waals surface area (Å²) in [5.74, 6) is -3.05. The quantitative estimate of drug-likeness (QED) is 0.872. The molecule has 1 heterocycles. The Hall–Kier alpha value is -2.02. The van der Waals surface area contributed by atoms with E-state index in [9.17, 15) is 18.4 Å². The number of carboxylic acids is 1. The van der Waals surface area contributed by atoms with Crippen LogP contribution in [0.3, 0.4) is 0 Å². The molecule has 0 radical (unpaired) electrons. The van der Waals surface area contributed by atoms with Gasteiger partial charge in [0, 0.05) is 18.2 Å². The normalized spacial score (nSPS) is 21.7. The van der Waals surface area contributed by atoms with Crippen LogP contribution in [-0.4, -0.2) is 29.2 Å². The lowest BCUT2D eigenvalue weighted by Crippen LogP contribution is -2.35. The summed E-state index contributed by atoms with van der Waals surface area (Å²) < 4.78 is 31.1. The van der Waals surface area contributed by atoms with Crippen molar-refractivity contribution in [3.05, 3.63) is 35.4 Å². The highest BCUT2D eigenvalue weighted by atomic mass is 19.1. The molecule has 108 valence electrons. The molecule has 7 heteroatoms. The molecule has 1 fully saturated rings. The van der Waals surface area contributed by atoms with Gasteiger partial charge in [0.15, 0.2) is 6.10 Å². The van der Waals surface area contributed by atoms with Crippen LogP contribution in [0.25, 0.3) is 0 Å². The van der Waals surface area contributed by atoms with Gasteiger partial charge in [-0.25, -0.2) is 13.6 Å². The minimum atomic E-state index is -1.11. The zero-order valence-electron chi connectivity index (χ0n) is 10.4. The average Bonchev–Trinajstić information content (AvgIpc) is 2.87. The second kappa shape index (κ2) is 5.96. The number of carboxylic acid groups (broad SMARTS) is 1. The summed E-state index contributed by atoms with van der Waals surface area (Å²) in [6.45, 7) is -0.109. The van der Waals surface area contributed by atoms with E-state index in [4.69, 9.17) is 9.84 Å². The van der Waals surface area contributed by atoms with E-state index >= 15 is 0 Å². The molecular weight excluding hydrogens is 272 g/mol. The maximum absolute atomic E-state index is 13.3. The highest BCUT2D eigenvalue weighted by Crippen LogP contribution is 2.20. The number of carbonyl (C=O) groups excluding carboxylic acids is 1. The van der Waals surface area contributed by atoms with Crippen LogP contribution in [0.15, 0.2) is 18.2 Å². The Kier molecular flexibility index (Phi) is 4.29. The molecule has 0 saturated carbocycles. The van der Waals surface area contributed by atoms with E-state index in [2.05, 4.69) is 5.32 Å². The first-order chi connectivity index (χ1) is 9.47. The number of ether oxygens (including phenoxy) is 1. The van der Waals surface area contributed by atoms with E-state index in [-0.39, 0.29) is 18.5 Å². The van der Waals surface area contributed by atoms with Crippen molar-refractivity contribution >= 4 is 11.9 Å².